The highest BCUT2D eigenvalue weighted by molar-refractivity contribution is 5.84. The van der Waals surface area contributed by atoms with Gasteiger partial charge in [0.15, 0.2) is 0 Å². The van der Waals surface area contributed by atoms with Crippen LogP contribution in [0.15, 0.2) is 18.2 Å². The van der Waals surface area contributed by atoms with Crippen molar-refractivity contribution in [2.24, 2.45) is 0 Å². The first-order valence-corrected chi connectivity index (χ1v) is 4.34. The lowest BCUT2D eigenvalue weighted by molar-refractivity contribution is 0.415. The van der Waals surface area contributed by atoms with E-state index in [-0.39, 0.29) is 0 Å². The molecule has 1 aromatic carbocycles. The van der Waals surface area contributed by atoms with E-state index in [4.69, 9.17) is 4.74 Å². The Bertz CT molecular complexity index is 443. The number of ether oxygens (including phenoxy) is 1. The van der Waals surface area contributed by atoms with Gasteiger partial charge in [0.2, 0.25) is 0 Å². The van der Waals surface area contributed by atoms with Crippen molar-refractivity contribution < 1.29 is 4.74 Å². The van der Waals surface area contributed by atoms with Crippen LogP contribution in [0.25, 0.3) is 10.9 Å². The van der Waals surface area contributed by atoms with Crippen molar-refractivity contribution in [1.29, 1.82) is 0 Å². The van der Waals surface area contributed by atoms with Crippen molar-refractivity contribution >= 4 is 10.9 Å². The van der Waals surface area contributed by atoms with Crippen molar-refractivity contribution in [3.05, 3.63) is 29.5 Å². The SMILES string of the molecule is COc1cc(C)c2[nH]c(C)cc2c1. The maximum Gasteiger partial charge on any atom is 0.119 e. The summed E-state index contributed by atoms with van der Waals surface area (Å²) in [5, 5.41) is 1.22. The number of nitrogens with one attached hydrogen (secondary N) is 1. The quantitative estimate of drug-likeness (QED) is 0.708. The molecular weight excluding hydrogens is 162 g/mol. The molecule has 2 heteroatoms. The van der Waals surface area contributed by atoms with Gasteiger partial charge in [0.05, 0.1) is 7.11 Å². The Morgan fingerprint density at radius 2 is 1.92 bits per heavy atom. The van der Waals surface area contributed by atoms with Crippen LogP contribution in [0.1, 0.15) is 11.3 Å². The second-order valence-electron chi connectivity index (χ2n) is 3.36. The molecular formula is C11H13NO. The molecule has 1 aromatic heterocycles. The monoisotopic (exact) mass is 175 g/mol. The molecule has 1 heterocycles. The van der Waals surface area contributed by atoms with Crippen LogP contribution >= 0.6 is 0 Å². The molecule has 0 amide bonds. The molecule has 0 saturated carbocycles. The number of benzene rings is 1. The molecule has 0 spiro atoms. The zero-order valence-corrected chi connectivity index (χ0v) is 8.14. The number of aromatic nitrogens is 1. The second-order valence-corrected chi connectivity index (χ2v) is 3.36. The van der Waals surface area contributed by atoms with E-state index >= 15 is 0 Å². The number of hydrogen-bond acceptors (Lipinski definition) is 1. The predicted octanol–water partition coefficient (Wildman–Crippen LogP) is 2.79. The Morgan fingerprint density at radius 1 is 1.15 bits per heavy atom. The number of aryl methyl sites for hydroxylation is 2. The Hall–Kier alpha value is -1.44. The van der Waals surface area contributed by atoms with Gasteiger partial charge in [-0.25, -0.2) is 0 Å². The molecule has 2 nitrogen and oxygen atoms in total. The van der Waals surface area contributed by atoms with Crippen molar-refractivity contribution in [1.82, 2.24) is 4.98 Å². The number of hydrogen-bond donors (Lipinski definition) is 1. The van der Waals surface area contributed by atoms with Crippen molar-refractivity contribution in [2.75, 3.05) is 7.11 Å². The lowest BCUT2D eigenvalue weighted by Gasteiger charge is -2.01. The average molecular weight is 175 g/mol. The highest BCUT2D eigenvalue weighted by Crippen LogP contribution is 2.24. The van der Waals surface area contributed by atoms with Crippen molar-refractivity contribution in [3.8, 4) is 5.75 Å². The molecule has 0 atom stereocenters. The molecule has 0 bridgehead atoms. The molecule has 0 aliphatic heterocycles. The Morgan fingerprint density at radius 3 is 2.62 bits per heavy atom. The van der Waals surface area contributed by atoms with E-state index in [0.29, 0.717) is 0 Å². The van der Waals surface area contributed by atoms with Gasteiger partial charge in [-0.1, -0.05) is 0 Å². The fraction of sp³-hybridized carbons (Fsp3) is 0.273. The maximum absolute atomic E-state index is 5.20. The summed E-state index contributed by atoms with van der Waals surface area (Å²) in [6, 6.07) is 6.22. The first-order chi connectivity index (χ1) is 6.20. The number of fused-ring (bicyclic) bond motifs is 1. The molecule has 1 N–H and O–H groups in total. The zero-order valence-electron chi connectivity index (χ0n) is 8.14. The molecule has 0 aliphatic rings. The van der Waals surface area contributed by atoms with Gasteiger partial charge in [0, 0.05) is 16.6 Å². The summed E-state index contributed by atoms with van der Waals surface area (Å²) in [6.07, 6.45) is 0. The van der Waals surface area contributed by atoms with Crippen LogP contribution < -0.4 is 4.74 Å². The van der Waals surface area contributed by atoms with Crippen LogP contribution in [-0.2, 0) is 0 Å². The fourth-order valence-corrected chi connectivity index (χ4v) is 1.65. The highest BCUT2D eigenvalue weighted by Gasteiger charge is 2.02. The third kappa shape index (κ3) is 1.28. The Labute approximate surface area is 77.5 Å². The minimum absolute atomic E-state index is 0.920. The molecule has 0 radical (unpaired) electrons. The number of rotatable bonds is 1. The molecule has 68 valence electrons. The minimum Gasteiger partial charge on any atom is -0.497 e. The van der Waals surface area contributed by atoms with E-state index < -0.39 is 0 Å². The van der Waals surface area contributed by atoms with Gasteiger partial charge in [-0.2, -0.15) is 0 Å². The van der Waals surface area contributed by atoms with E-state index in [1.807, 2.05) is 12.1 Å². The summed E-state index contributed by atoms with van der Waals surface area (Å²) < 4.78 is 5.20. The van der Waals surface area contributed by atoms with Gasteiger partial charge in [-0.15, -0.1) is 0 Å². The third-order valence-corrected chi connectivity index (χ3v) is 2.27. The van der Waals surface area contributed by atoms with Crippen LogP contribution in [0.3, 0.4) is 0 Å². The lowest BCUT2D eigenvalue weighted by atomic mass is 10.1. The fourth-order valence-electron chi connectivity index (χ4n) is 1.65. The second kappa shape index (κ2) is 2.80. The van der Waals surface area contributed by atoms with Crippen LogP contribution in [0, 0.1) is 13.8 Å². The third-order valence-electron chi connectivity index (χ3n) is 2.27. The molecule has 2 rings (SSSR count). The van der Waals surface area contributed by atoms with E-state index in [9.17, 15) is 0 Å². The van der Waals surface area contributed by atoms with Gasteiger partial charge >= 0.3 is 0 Å². The summed E-state index contributed by atoms with van der Waals surface area (Å²) in [4.78, 5) is 3.32. The van der Waals surface area contributed by atoms with Crippen LogP contribution in [0.5, 0.6) is 5.75 Å². The van der Waals surface area contributed by atoms with Gasteiger partial charge in [-0.05, 0) is 37.6 Å². The van der Waals surface area contributed by atoms with Crippen molar-refractivity contribution in [3.63, 3.8) is 0 Å². The summed E-state index contributed by atoms with van der Waals surface area (Å²) in [5.74, 6) is 0.920. The van der Waals surface area contributed by atoms with Crippen LogP contribution in [0.2, 0.25) is 0 Å². The molecule has 0 aliphatic carbocycles. The highest BCUT2D eigenvalue weighted by atomic mass is 16.5. The summed E-state index contributed by atoms with van der Waals surface area (Å²) in [7, 11) is 1.69. The molecule has 2 aromatic rings. The topological polar surface area (TPSA) is 25.0 Å². The molecule has 0 saturated heterocycles. The first-order valence-electron chi connectivity index (χ1n) is 4.34. The summed E-state index contributed by atoms with van der Waals surface area (Å²) in [6.45, 7) is 4.15. The van der Waals surface area contributed by atoms with E-state index in [1.165, 1.54) is 22.2 Å². The Balaban J connectivity index is 2.75. The number of H-pyrrole nitrogens is 1. The smallest absolute Gasteiger partial charge is 0.119 e. The summed E-state index contributed by atoms with van der Waals surface area (Å²) in [5.41, 5.74) is 3.62. The number of aromatic amines is 1. The molecule has 0 fully saturated rings. The van der Waals surface area contributed by atoms with Gasteiger partial charge in [0.1, 0.15) is 5.75 Å². The Kier molecular flexibility index (Phi) is 1.76. The van der Waals surface area contributed by atoms with Gasteiger partial charge < -0.3 is 9.72 Å². The standard InChI is InChI=1S/C11H13NO/c1-7-4-10(13-3)6-9-5-8(2)12-11(7)9/h4-6,12H,1-3H3. The zero-order chi connectivity index (χ0) is 9.42. The van der Waals surface area contributed by atoms with E-state index in [1.54, 1.807) is 7.11 Å². The largest absolute Gasteiger partial charge is 0.497 e. The molecule has 0 unspecified atom stereocenters. The normalized spacial score (nSPS) is 10.7. The maximum atomic E-state index is 5.20. The van der Waals surface area contributed by atoms with Crippen LogP contribution in [-0.4, -0.2) is 12.1 Å². The first kappa shape index (κ1) is 8.17. The van der Waals surface area contributed by atoms with E-state index in [2.05, 4.69) is 24.9 Å². The number of methoxy groups -OCH3 is 1. The average Bonchev–Trinajstić information content (AvgIpc) is 2.46. The summed E-state index contributed by atoms with van der Waals surface area (Å²) >= 11 is 0. The lowest BCUT2D eigenvalue weighted by Crippen LogP contribution is -1.84. The van der Waals surface area contributed by atoms with Crippen LogP contribution in [0.4, 0.5) is 0 Å². The van der Waals surface area contributed by atoms with Gasteiger partial charge in [0.25, 0.3) is 0 Å². The van der Waals surface area contributed by atoms with Gasteiger partial charge in [-0.3, -0.25) is 0 Å². The van der Waals surface area contributed by atoms with Crippen molar-refractivity contribution in [2.45, 2.75) is 13.8 Å². The predicted molar refractivity (Wildman–Crippen MR) is 54.3 cm³/mol. The van der Waals surface area contributed by atoms with E-state index in [0.717, 1.165) is 5.75 Å². The minimum atomic E-state index is 0.920. The molecule has 13 heavy (non-hydrogen) atoms.